The van der Waals surface area contributed by atoms with E-state index in [1.165, 1.54) is 24.5 Å². The van der Waals surface area contributed by atoms with Crippen molar-refractivity contribution in [2.75, 3.05) is 49.7 Å². The Morgan fingerprint density at radius 1 is 1.04 bits per heavy atom. The molecule has 2 aromatic rings. The van der Waals surface area contributed by atoms with E-state index in [2.05, 4.69) is 25.6 Å². The minimum Gasteiger partial charge on any atom is -0.393 e. The highest BCUT2D eigenvalue weighted by Crippen LogP contribution is 2.36. The minimum absolute atomic E-state index is 0.115. The molecule has 140 valence electrons. The number of para-hydroxylation sites is 1. The standard InChI is InChI=1S/C16H20F3N7/c1-25-6-8-26(9-7-25)24-15-13(20)14(21-10-22-15)23-12-5-3-2-4-11(12)16(17,18)19/h2-5,10H,6-9,20H2,1H3,(H2,21,22,23,24). The second kappa shape index (κ2) is 7.34. The molecule has 2 heterocycles. The maximum absolute atomic E-state index is 13.1. The average molecular weight is 367 g/mol. The molecule has 1 fully saturated rings. The third-order valence-corrected chi connectivity index (χ3v) is 4.14. The molecule has 0 unspecified atom stereocenters. The topological polar surface area (TPSA) is 82.3 Å². The highest BCUT2D eigenvalue weighted by atomic mass is 19.4. The Morgan fingerprint density at radius 2 is 1.69 bits per heavy atom. The van der Waals surface area contributed by atoms with Crippen LogP contribution in [0.4, 0.5) is 36.2 Å². The van der Waals surface area contributed by atoms with E-state index >= 15 is 0 Å². The van der Waals surface area contributed by atoms with Crippen molar-refractivity contribution in [1.82, 2.24) is 19.9 Å². The van der Waals surface area contributed by atoms with Crippen molar-refractivity contribution in [3.63, 3.8) is 0 Å². The van der Waals surface area contributed by atoms with Gasteiger partial charge in [0.2, 0.25) is 0 Å². The fourth-order valence-electron chi connectivity index (χ4n) is 2.62. The lowest BCUT2D eigenvalue weighted by Crippen LogP contribution is -2.47. The van der Waals surface area contributed by atoms with E-state index in [4.69, 9.17) is 5.73 Å². The predicted molar refractivity (Wildman–Crippen MR) is 93.9 cm³/mol. The summed E-state index contributed by atoms with van der Waals surface area (Å²) in [6.07, 6.45) is -3.22. The number of rotatable bonds is 4. The number of likely N-dealkylation sites (N-methyl/N-ethyl adjacent to an activating group) is 1. The van der Waals surface area contributed by atoms with Crippen LogP contribution in [0.2, 0.25) is 0 Å². The second-order valence-corrected chi connectivity index (χ2v) is 6.06. The summed E-state index contributed by atoms with van der Waals surface area (Å²) >= 11 is 0. The molecule has 7 nitrogen and oxygen atoms in total. The molecule has 0 spiro atoms. The van der Waals surface area contributed by atoms with E-state index < -0.39 is 11.7 Å². The Labute approximate surface area is 149 Å². The number of nitrogens with zero attached hydrogens (tertiary/aromatic N) is 4. The van der Waals surface area contributed by atoms with Gasteiger partial charge in [0, 0.05) is 26.2 Å². The van der Waals surface area contributed by atoms with E-state index in [-0.39, 0.29) is 17.2 Å². The molecule has 1 saturated heterocycles. The monoisotopic (exact) mass is 367 g/mol. The third kappa shape index (κ3) is 4.14. The SMILES string of the molecule is CN1CCN(Nc2ncnc(Nc3ccccc3C(F)(F)F)c2N)CC1. The van der Waals surface area contributed by atoms with E-state index in [1.54, 1.807) is 0 Å². The van der Waals surface area contributed by atoms with Crippen LogP contribution in [0.5, 0.6) is 0 Å². The molecule has 1 aliphatic heterocycles. The average Bonchev–Trinajstić information content (AvgIpc) is 2.60. The molecule has 0 amide bonds. The first-order chi connectivity index (χ1) is 12.3. The van der Waals surface area contributed by atoms with E-state index in [1.807, 2.05) is 12.1 Å². The normalized spacial score (nSPS) is 16.5. The number of alkyl halides is 3. The van der Waals surface area contributed by atoms with E-state index in [0.29, 0.717) is 5.82 Å². The summed E-state index contributed by atoms with van der Waals surface area (Å²) in [7, 11) is 2.04. The summed E-state index contributed by atoms with van der Waals surface area (Å²) in [6, 6.07) is 5.18. The Morgan fingerprint density at radius 3 is 2.38 bits per heavy atom. The van der Waals surface area contributed by atoms with Gasteiger partial charge in [-0.2, -0.15) is 13.2 Å². The summed E-state index contributed by atoms with van der Waals surface area (Å²) in [5, 5.41) is 4.63. The molecule has 10 heteroatoms. The van der Waals surface area contributed by atoms with Crippen LogP contribution < -0.4 is 16.5 Å². The fourth-order valence-corrected chi connectivity index (χ4v) is 2.62. The van der Waals surface area contributed by atoms with Crippen LogP contribution in [-0.2, 0) is 6.18 Å². The third-order valence-electron chi connectivity index (χ3n) is 4.14. The van der Waals surface area contributed by atoms with Crippen molar-refractivity contribution in [3.05, 3.63) is 36.2 Å². The van der Waals surface area contributed by atoms with Crippen molar-refractivity contribution >= 4 is 23.0 Å². The fraction of sp³-hybridized carbons (Fsp3) is 0.375. The van der Waals surface area contributed by atoms with Crippen LogP contribution in [0.3, 0.4) is 0 Å². The second-order valence-electron chi connectivity index (χ2n) is 6.06. The number of aromatic nitrogens is 2. The number of halogens is 3. The Kier molecular flexibility index (Phi) is 5.14. The molecule has 1 aromatic heterocycles. The van der Waals surface area contributed by atoms with Gasteiger partial charge in [0.05, 0.1) is 11.3 Å². The smallest absolute Gasteiger partial charge is 0.393 e. The molecule has 1 aliphatic rings. The Bertz CT molecular complexity index is 758. The van der Waals surface area contributed by atoms with Gasteiger partial charge < -0.3 is 21.4 Å². The number of piperazine rings is 1. The maximum atomic E-state index is 13.1. The number of anilines is 4. The quantitative estimate of drug-likeness (QED) is 0.765. The van der Waals surface area contributed by atoms with Crippen LogP contribution >= 0.6 is 0 Å². The highest BCUT2D eigenvalue weighted by Gasteiger charge is 2.33. The predicted octanol–water partition coefficient (Wildman–Crippen LogP) is 2.40. The lowest BCUT2D eigenvalue weighted by Gasteiger charge is -2.33. The van der Waals surface area contributed by atoms with Crippen LogP contribution in [0.15, 0.2) is 30.6 Å². The summed E-state index contributed by atoms with van der Waals surface area (Å²) < 4.78 is 39.4. The number of hydrogen-bond acceptors (Lipinski definition) is 7. The van der Waals surface area contributed by atoms with Crippen LogP contribution in [0.25, 0.3) is 0 Å². The number of nitrogen functional groups attached to an aromatic ring is 1. The summed E-state index contributed by atoms with van der Waals surface area (Å²) in [6.45, 7) is 3.34. The molecule has 26 heavy (non-hydrogen) atoms. The first-order valence-corrected chi connectivity index (χ1v) is 8.08. The lowest BCUT2D eigenvalue weighted by atomic mass is 10.1. The molecule has 1 aromatic carbocycles. The number of nitrogens with two attached hydrogens (primary N) is 1. The van der Waals surface area contributed by atoms with Crippen molar-refractivity contribution in [2.45, 2.75) is 6.18 Å². The van der Waals surface area contributed by atoms with Gasteiger partial charge in [0.1, 0.15) is 12.0 Å². The molecule has 0 atom stereocenters. The zero-order valence-electron chi connectivity index (χ0n) is 14.2. The maximum Gasteiger partial charge on any atom is 0.418 e. The van der Waals surface area contributed by atoms with Gasteiger partial charge in [-0.25, -0.2) is 15.0 Å². The van der Waals surface area contributed by atoms with Gasteiger partial charge in [-0.1, -0.05) is 12.1 Å². The first-order valence-electron chi connectivity index (χ1n) is 8.08. The number of hydrogen-bond donors (Lipinski definition) is 3. The van der Waals surface area contributed by atoms with Gasteiger partial charge in [0.25, 0.3) is 0 Å². The summed E-state index contributed by atoms with van der Waals surface area (Å²) in [4.78, 5) is 10.3. The minimum atomic E-state index is -4.48. The van der Waals surface area contributed by atoms with Crippen molar-refractivity contribution in [1.29, 1.82) is 0 Å². The first kappa shape index (κ1) is 18.2. The van der Waals surface area contributed by atoms with Gasteiger partial charge >= 0.3 is 6.18 Å². The highest BCUT2D eigenvalue weighted by molar-refractivity contribution is 5.78. The Balaban J connectivity index is 1.80. The van der Waals surface area contributed by atoms with E-state index in [0.717, 1.165) is 32.2 Å². The number of benzene rings is 1. The molecule has 0 radical (unpaired) electrons. The zero-order valence-corrected chi connectivity index (χ0v) is 14.2. The Hall–Kier alpha value is -2.59. The largest absolute Gasteiger partial charge is 0.418 e. The van der Waals surface area contributed by atoms with Gasteiger partial charge in [0.15, 0.2) is 11.6 Å². The van der Waals surface area contributed by atoms with Crippen LogP contribution in [0.1, 0.15) is 5.56 Å². The molecule has 0 saturated carbocycles. The molecular weight excluding hydrogens is 347 g/mol. The molecule has 0 aliphatic carbocycles. The summed E-state index contributed by atoms with van der Waals surface area (Å²) in [5.41, 5.74) is 8.43. The number of hydrazine groups is 1. The zero-order chi connectivity index (χ0) is 18.7. The van der Waals surface area contributed by atoms with Crippen molar-refractivity contribution < 1.29 is 13.2 Å². The lowest BCUT2D eigenvalue weighted by molar-refractivity contribution is -0.136. The van der Waals surface area contributed by atoms with Crippen molar-refractivity contribution in [2.24, 2.45) is 0 Å². The molecule has 3 rings (SSSR count). The molecule has 4 N–H and O–H groups in total. The number of nitrogens with one attached hydrogen (secondary N) is 2. The molecular formula is C16H20F3N7. The van der Waals surface area contributed by atoms with Gasteiger partial charge in [-0.15, -0.1) is 0 Å². The van der Waals surface area contributed by atoms with E-state index in [9.17, 15) is 13.2 Å². The van der Waals surface area contributed by atoms with Crippen LogP contribution in [0, 0.1) is 0 Å². The summed E-state index contributed by atoms with van der Waals surface area (Å²) in [5.74, 6) is 0.477. The van der Waals surface area contributed by atoms with Gasteiger partial charge in [-0.3, -0.25) is 0 Å². The molecule has 0 bridgehead atoms. The van der Waals surface area contributed by atoms with Crippen LogP contribution in [-0.4, -0.2) is 53.1 Å². The van der Waals surface area contributed by atoms with Crippen molar-refractivity contribution in [3.8, 4) is 0 Å². The van der Waals surface area contributed by atoms with Gasteiger partial charge in [-0.05, 0) is 19.2 Å².